The van der Waals surface area contributed by atoms with Crippen molar-refractivity contribution in [3.8, 4) is 5.75 Å². The van der Waals surface area contributed by atoms with Crippen molar-refractivity contribution in [2.75, 3.05) is 32.8 Å². The first-order chi connectivity index (χ1) is 13.1. The smallest absolute Gasteiger partial charge is 0.191 e. The third-order valence-corrected chi connectivity index (χ3v) is 4.99. The predicted octanol–water partition coefficient (Wildman–Crippen LogP) is 4.06. The maximum atomic E-state index is 5.72. The zero-order chi connectivity index (χ0) is 19.5. The second-order valence-corrected chi connectivity index (χ2v) is 7.55. The molecule has 0 bridgehead atoms. The molecule has 1 aliphatic heterocycles. The Morgan fingerprint density at radius 1 is 1.25 bits per heavy atom. The van der Waals surface area contributed by atoms with Crippen molar-refractivity contribution in [3.05, 3.63) is 29.8 Å². The summed E-state index contributed by atoms with van der Waals surface area (Å²) in [7, 11) is 0. The van der Waals surface area contributed by atoms with Crippen molar-refractivity contribution in [2.24, 2.45) is 4.99 Å². The highest BCUT2D eigenvalue weighted by Crippen LogP contribution is 2.15. The second kappa shape index (κ2) is 14.0. The summed E-state index contributed by atoms with van der Waals surface area (Å²) in [6.45, 7) is 13.6. The van der Waals surface area contributed by atoms with Crippen LogP contribution in [0, 0.1) is 0 Å². The van der Waals surface area contributed by atoms with E-state index in [-0.39, 0.29) is 24.0 Å². The zero-order valence-corrected chi connectivity index (χ0v) is 20.4. The number of halogens is 1. The molecule has 0 aliphatic carbocycles. The summed E-state index contributed by atoms with van der Waals surface area (Å²) in [5, 5.41) is 7.02. The Labute approximate surface area is 188 Å². The summed E-state index contributed by atoms with van der Waals surface area (Å²) in [6, 6.07) is 9.53. The number of guanidine groups is 1. The molecule has 160 valence electrons. The molecule has 0 unspecified atom stereocenters. The molecule has 0 amide bonds. The highest BCUT2D eigenvalue weighted by atomic mass is 127. The van der Waals surface area contributed by atoms with Crippen LogP contribution in [0.4, 0.5) is 0 Å². The van der Waals surface area contributed by atoms with E-state index in [9.17, 15) is 0 Å². The van der Waals surface area contributed by atoms with Crippen molar-refractivity contribution in [1.82, 2.24) is 15.5 Å². The van der Waals surface area contributed by atoms with E-state index in [0.29, 0.717) is 12.1 Å². The number of hydrogen-bond donors (Lipinski definition) is 2. The number of nitrogens with one attached hydrogen (secondary N) is 2. The van der Waals surface area contributed by atoms with Gasteiger partial charge in [0.25, 0.3) is 0 Å². The van der Waals surface area contributed by atoms with Gasteiger partial charge in [-0.3, -0.25) is 4.99 Å². The van der Waals surface area contributed by atoms with Crippen LogP contribution in [0.1, 0.15) is 52.5 Å². The van der Waals surface area contributed by atoms with Gasteiger partial charge in [-0.2, -0.15) is 0 Å². The van der Waals surface area contributed by atoms with Gasteiger partial charge in [-0.1, -0.05) is 19.1 Å². The predicted molar refractivity (Wildman–Crippen MR) is 130 cm³/mol. The van der Waals surface area contributed by atoms with Crippen LogP contribution in [-0.4, -0.2) is 55.7 Å². The molecule has 0 saturated carbocycles. The summed E-state index contributed by atoms with van der Waals surface area (Å²) >= 11 is 0. The van der Waals surface area contributed by atoms with E-state index in [4.69, 9.17) is 9.73 Å². The Morgan fingerprint density at radius 3 is 2.64 bits per heavy atom. The molecule has 0 aromatic heterocycles. The number of piperidine rings is 1. The summed E-state index contributed by atoms with van der Waals surface area (Å²) in [6.07, 6.45) is 4.31. The van der Waals surface area contributed by atoms with Gasteiger partial charge >= 0.3 is 0 Å². The van der Waals surface area contributed by atoms with Crippen molar-refractivity contribution in [2.45, 2.75) is 65.5 Å². The first-order valence-electron chi connectivity index (χ1n) is 10.6. The van der Waals surface area contributed by atoms with Crippen LogP contribution in [0.5, 0.6) is 5.75 Å². The minimum absolute atomic E-state index is 0. The molecule has 28 heavy (non-hydrogen) atoms. The van der Waals surface area contributed by atoms with Crippen LogP contribution in [0.3, 0.4) is 0 Å². The van der Waals surface area contributed by atoms with Crippen molar-refractivity contribution in [3.63, 3.8) is 0 Å². The van der Waals surface area contributed by atoms with Gasteiger partial charge in [-0.15, -0.1) is 24.0 Å². The fourth-order valence-electron chi connectivity index (χ4n) is 3.38. The Kier molecular flexibility index (Phi) is 12.5. The van der Waals surface area contributed by atoms with E-state index in [1.807, 2.05) is 6.07 Å². The second-order valence-electron chi connectivity index (χ2n) is 7.55. The number of nitrogens with zero attached hydrogens (tertiary/aromatic N) is 2. The van der Waals surface area contributed by atoms with Gasteiger partial charge in [-0.05, 0) is 64.2 Å². The Balaban J connectivity index is 0.00000392. The first kappa shape index (κ1) is 25.0. The lowest BCUT2D eigenvalue weighted by atomic mass is 10.0. The van der Waals surface area contributed by atoms with Gasteiger partial charge in [0.1, 0.15) is 5.75 Å². The highest BCUT2D eigenvalue weighted by Gasteiger charge is 2.21. The van der Waals surface area contributed by atoms with Crippen molar-refractivity contribution < 1.29 is 4.74 Å². The normalized spacial score (nSPS) is 16.0. The molecule has 0 spiro atoms. The monoisotopic (exact) mass is 502 g/mol. The number of hydrogen-bond acceptors (Lipinski definition) is 3. The molecular formula is C22H39IN4O. The van der Waals surface area contributed by atoms with Crippen LogP contribution >= 0.6 is 24.0 Å². The van der Waals surface area contributed by atoms with Crippen molar-refractivity contribution >= 4 is 29.9 Å². The Hall–Kier alpha value is -1.02. The molecule has 1 fully saturated rings. The molecule has 6 heteroatoms. The van der Waals surface area contributed by atoms with E-state index in [0.717, 1.165) is 44.2 Å². The van der Waals surface area contributed by atoms with Crippen LogP contribution in [-0.2, 0) is 6.42 Å². The van der Waals surface area contributed by atoms with Gasteiger partial charge in [-0.25, -0.2) is 0 Å². The summed E-state index contributed by atoms with van der Waals surface area (Å²) in [4.78, 5) is 7.34. The topological polar surface area (TPSA) is 48.9 Å². The van der Waals surface area contributed by atoms with E-state index < -0.39 is 0 Å². The number of aliphatic imine (C=N–C) groups is 1. The van der Waals surface area contributed by atoms with Crippen LogP contribution in [0.2, 0.25) is 0 Å². The third kappa shape index (κ3) is 8.99. The van der Waals surface area contributed by atoms with Crippen LogP contribution < -0.4 is 15.4 Å². The summed E-state index contributed by atoms with van der Waals surface area (Å²) in [5.74, 6) is 1.90. The SMILES string of the molecule is CCCOc1cccc(CCN=C(NCC)NC2CCN(C(C)C)CC2)c1.I. The average Bonchev–Trinajstić information content (AvgIpc) is 2.67. The standard InChI is InChI=1S/C22H38N4O.HI/c1-5-16-27-21-9-7-8-19(17-21)10-13-24-22(23-6-2)25-20-11-14-26(15-12-20)18(3)4;/h7-9,17-18,20H,5-6,10-16H2,1-4H3,(H2,23,24,25);1H. The molecule has 2 N–H and O–H groups in total. The van der Waals surface area contributed by atoms with E-state index >= 15 is 0 Å². The number of benzene rings is 1. The first-order valence-corrected chi connectivity index (χ1v) is 10.6. The number of likely N-dealkylation sites (tertiary alicyclic amines) is 1. The molecule has 0 radical (unpaired) electrons. The molecule has 1 aliphatic rings. The van der Waals surface area contributed by atoms with E-state index in [2.05, 4.69) is 61.4 Å². The Bertz CT molecular complexity index is 571. The lowest BCUT2D eigenvalue weighted by Gasteiger charge is -2.35. The van der Waals surface area contributed by atoms with Gasteiger partial charge in [0.05, 0.1) is 6.61 Å². The Morgan fingerprint density at radius 2 is 2.00 bits per heavy atom. The van der Waals surface area contributed by atoms with Gasteiger partial charge in [0.15, 0.2) is 5.96 Å². The summed E-state index contributed by atoms with van der Waals surface area (Å²) in [5.41, 5.74) is 1.27. The van der Waals surface area contributed by atoms with E-state index in [1.165, 1.54) is 31.5 Å². The highest BCUT2D eigenvalue weighted by molar-refractivity contribution is 14.0. The quantitative estimate of drug-likeness (QED) is 0.304. The van der Waals surface area contributed by atoms with Crippen LogP contribution in [0.15, 0.2) is 29.3 Å². The largest absolute Gasteiger partial charge is 0.494 e. The van der Waals surface area contributed by atoms with E-state index in [1.54, 1.807) is 0 Å². The van der Waals surface area contributed by atoms with Crippen molar-refractivity contribution in [1.29, 1.82) is 0 Å². The number of ether oxygens (including phenoxy) is 1. The molecule has 2 rings (SSSR count). The minimum atomic E-state index is 0. The number of rotatable bonds is 9. The fourth-order valence-corrected chi connectivity index (χ4v) is 3.38. The molecule has 1 heterocycles. The molecule has 1 aromatic carbocycles. The molecule has 0 atom stereocenters. The average molecular weight is 502 g/mol. The van der Waals surface area contributed by atoms with Gasteiger partial charge in [0, 0.05) is 38.3 Å². The minimum Gasteiger partial charge on any atom is -0.494 e. The molecular weight excluding hydrogens is 463 g/mol. The lowest BCUT2D eigenvalue weighted by Crippen LogP contribution is -2.49. The zero-order valence-electron chi connectivity index (χ0n) is 18.0. The maximum absolute atomic E-state index is 5.72. The van der Waals surface area contributed by atoms with Gasteiger partial charge in [0.2, 0.25) is 0 Å². The lowest BCUT2D eigenvalue weighted by molar-refractivity contribution is 0.167. The molecule has 1 saturated heterocycles. The van der Waals surface area contributed by atoms with Gasteiger partial charge < -0.3 is 20.3 Å². The fraction of sp³-hybridized carbons (Fsp3) is 0.682. The summed E-state index contributed by atoms with van der Waals surface area (Å²) < 4.78 is 5.72. The van der Waals surface area contributed by atoms with Crippen LogP contribution in [0.25, 0.3) is 0 Å². The third-order valence-electron chi connectivity index (χ3n) is 4.99. The maximum Gasteiger partial charge on any atom is 0.191 e. The molecule has 5 nitrogen and oxygen atoms in total. The molecule has 1 aromatic rings.